The molecule has 2 aromatic rings. The van der Waals surface area contributed by atoms with Crippen molar-refractivity contribution in [3.8, 4) is 11.5 Å². The quantitative estimate of drug-likeness (QED) is 0.641. The maximum absolute atomic E-state index is 13.6. The predicted octanol–water partition coefficient (Wildman–Crippen LogP) is 4.99. The van der Waals surface area contributed by atoms with E-state index in [9.17, 15) is 9.59 Å². The van der Waals surface area contributed by atoms with Crippen LogP contribution in [0, 0.1) is 0 Å². The molecule has 0 radical (unpaired) electrons. The van der Waals surface area contributed by atoms with E-state index in [1.165, 1.54) is 0 Å². The molecule has 0 aromatic heterocycles. The van der Waals surface area contributed by atoms with Crippen LogP contribution < -0.4 is 14.8 Å². The smallest absolute Gasteiger partial charge is 0.336 e. The van der Waals surface area contributed by atoms with Gasteiger partial charge in [0.15, 0.2) is 17.3 Å². The summed E-state index contributed by atoms with van der Waals surface area (Å²) in [7, 11) is 0. The Kier molecular flexibility index (Phi) is 5.62. The molecule has 1 N–H and O–H groups in total. The van der Waals surface area contributed by atoms with E-state index in [0.717, 1.165) is 16.8 Å². The second-order valence-electron chi connectivity index (χ2n) is 8.40. The van der Waals surface area contributed by atoms with Gasteiger partial charge in [0.05, 0.1) is 12.2 Å². The highest BCUT2D eigenvalue weighted by molar-refractivity contribution is 6.30. The molecule has 6 nitrogen and oxygen atoms in total. The monoisotopic (exact) mass is 465 g/mol. The highest BCUT2D eigenvalue weighted by atomic mass is 35.5. The van der Waals surface area contributed by atoms with Crippen molar-refractivity contribution in [3.05, 3.63) is 81.2 Å². The molecule has 0 fully saturated rings. The van der Waals surface area contributed by atoms with Crippen molar-refractivity contribution < 1.29 is 23.8 Å². The van der Waals surface area contributed by atoms with Gasteiger partial charge in [0.25, 0.3) is 0 Å². The van der Waals surface area contributed by atoms with Crippen LogP contribution in [-0.4, -0.2) is 25.2 Å². The van der Waals surface area contributed by atoms with E-state index in [1.807, 2.05) is 49.4 Å². The third-order valence-electron chi connectivity index (χ3n) is 6.39. The molecule has 0 unspecified atom stereocenters. The lowest BCUT2D eigenvalue weighted by Crippen LogP contribution is -2.36. The third-order valence-corrected chi connectivity index (χ3v) is 6.65. The van der Waals surface area contributed by atoms with Gasteiger partial charge in [-0.25, -0.2) is 4.79 Å². The van der Waals surface area contributed by atoms with Gasteiger partial charge in [-0.15, -0.1) is 0 Å². The fourth-order valence-electron chi connectivity index (χ4n) is 4.92. The fourth-order valence-corrected chi connectivity index (χ4v) is 5.04. The van der Waals surface area contributed by atoms with Gasteiger partial charge >= 0.3 is 5.97 Å². The number of ether oxygens (including phenoxy) is 3. The molecule has 3 aliphatic rings. The number of benzene rings is 2. The second kappa shape index (κ2) is 8.60. The number of rotatable bonds is 4. The summed E-state index contributed by atoms with van der Waals surface area (Å²) < 4.78 is 16.4. The zero-order chi connectivity index (χ0) is 23.1. The predicted molar refractivity (Wildman–Crippen MR) is 123 cm³/mol. The molecule has 2 heterocycles. The average molecular weight is 466 g/mol. The molecule has 2 aliphatic heterocycles. The Morgan fingerprint density at radius 1 is 1.09 bits per heavy atom. The van der Waals surface area contributed by atoms with Crippen LogP contribution in [0.3, 0.4) is 0 Å². The molecule has 0 bridgehead atoms. The van der Waals surface area contributed by atoms with Crippen LogP contribution in [0.2, 0.25) is 5.02 Å². The van der Waals surface area contributed by atoms with E-state index >= 15 is 0 Å². The standard InChI is InChI=1S/C26H24ClNO5/c1-3-31-26(30)23-14(2)28-19-10-17(15-4-7-18(27)8-5-15)11-20(29)25(19)24(23)16-6-9-21-22(12-16)33-13-32-21/h4-9,12,17,24,28H,3,10-11,13H2,1-2H3/t17-,24-/m1/s1. The van der Waals surface area contributed by atoms with Crippen molar-refractivity contribution in [2.75, 3.05) is 13.4 Å². The molecule has 33 heavy (non-hydrogen) atoms. The normalized spacial score (nSPS) is 21.6. The minimum atomic E-state index is -0.534. The van der Waals surface area contributed by atoms with Gasteiger partial charge in [0.2, 0.25) is 6.79 Å². The molecule has 1 aliphatic carbocycles. The lowest BCUT2D eigenvalue weighted by atomic mass is 9.71. The first kappa shape index (κ1) is 21.6. The molecule has 0 saturated heterocycles. The highest BCUT2D eigenvalue weighted by Crippen LogP contribution is 2.47. The largest absolute Gasteiger partial charge is 0.463 e. The number of Topliss-reactive ketones (excluding diaryl/α,β-unsaturated/α-hetero) is 1. The zero-order valence-electron chi connectivity index (χ0n) is 18.4. The number of allylic oxidation sites excluding steroid dienone is 3. The van der Waals surface area contributed by atoms with Crippen molar-refractivity contribution in [3.63, 3.8) is 0 Å². The van der Waals surface area contributed by atoms with Crippen LogP contribution in [0.5, 0.6) is 11.5 Å². The minimum Gasteiger partial charge on any atom is -0.463 e. The molecule has 2 atom stereocenters. The van der Waals surface area contributed by atoms with Gasteiger partial charge in [-0.05, 0) is 61.6 Å². The van der Waals surface area contributed by atoms with Gasteiger partial charge in [-0.2, -0.15) is 0 Å². The minimum absolute atomic E-state index is 0.0145. The van der Waals surface area contributed by atoms with Crippen molar-refractivity contribution >= 4 is 23.4 Å². The van der Waals surface area contributed by atoms with E-state index < -0.39 is 11.9 Å². The first-order valence-electron chi connectivity index (χ1n) is 11.0. The topological polar surface area (TPSA) is 73.9 Å². The first-order chi connectivity index (χ1) is 16.0. The van der Waals surface area contributed by atoms with Crippen LogP contribution in [-0.2, 0) is 14.3 Å². The van der Waals surface area contributed by atoms with Crippen LogP contribution in [0.1, 0.15) is 49.7 Å². The summed E-state index contributed by atoms with van der Waals surface area (Å²) in [5.74, 6) is 0.350. The number of nitrogens with one attached hydrogen (secondary N) is 1. The Bertz CT molecular complexity index is 1200. The van der Waals surface area contributed by atoms with Crippen molar-refractivity contribution in [1.82, 2.24) is 5.32 Å². The van der Waals surface area contributed by atoms with Crippen molar-refractivity contribution in [2.45, 2.75) is 38.5 Å². The fraction of sp³-hybridized carbons (Fsp3) is 0.308. The number of esters is 1. The lowest BCUT2D eigenvalue weighted by Gasteiger charge is -2.36. The van der Waals surface area contributed by atoms with E-state index in [1.54, 1.807) is 6.92 Å². The molecule has 0 spiro atoms. The maximum Gasteiger partial charge on any atom is 0.336 e. The molecule has 2 aromatic carbocycles. The Morgan fingerprint density at radius 2 is 1.82 bits per heavy atom. The van der Waals surface area contributed by atoms with Gasteiger partial charge in [-0.1, -0.05) is 29.8 Å². The highest BCUT2D eigenvalue weighted by Gasteiger charge is 2.41. The summed E-state index contributed by atoms with van der Waals surface area (Å²) in [5, 5.41) is 4.02. The summed E-state index contributed by atoms with van der Waals surface area (Å²) in [4.78, 5) is 26.6. The van der Waals surface area contributed by atoms with Gasteiger partial charge < -0.3 is 19.5 Å². The molecular weight excluding hydrogens is 442 g/mol. The van der Waals surface area contributed by atoms with Gasteiger partial charge in [0, 0.05) is 34.3 Å². The number of halogens is 1. The molecule has 7 heteroatoms. The van der Waals surface area contributed by atoms with E-state index in [-0.39, 0.29) is 25.1 Å². The lowest BCUT2D eigenvalue weighted by molar-refractivity contribution is -0.138. The SMILES string of the molecule is CCOC(=O)C1=C(C)NC2=C(C(=O)C[C@H](c3ccc(Cl)cc3)C2)[C@@H]1c1ccc2c(c1)OCO2. The Morgan fingerprint density at radius 3 is 2.58 bits per heavy atom. The number of fused-ring (bicyclic) bond motifs is 1. The van der Waals surface area contributed by atoms with Crippen LogP contribution in [0.4, 0.5) is 0 Å². The van der Waals surface area contributed by atoms with E-state index in [4.69, 9.17) is 25.8 Å². The molecular formula is C26H24ClNO5. The Hall–Kier alpha value is -3.25. The summed E-state index contributed by atoms with van der Waals surface area (Å²) >= 11 is 6.05. The first-order valence-corrected chi connectivity index (χ1v) is 11.4. The molecule has 0 amide bonds. The third kappa shape index (κ3) is 3.89. The Balaban J connectivity index is 1.59. The van der Waals surface area contributed by atoms with Gasteiger partial charge in [-0.3, -0.25) is 4.79 Å². The average Bonchev–Trinajstić information content (AvgIpc) is 3.26. The number of carbonyl (C=O) groups is 2. The second-order valence-corrected chi connectivity index (χ2v) is 8.84. The maximum atomic E-state index is 13.6. The summed E-state index contributed by atoms with van der Waals surface area (Å²) in [6.45, 7) is 4.03. The van der Waals surface area contributed by atoms with Crippen molar-refractivity contribution in [2.24, 2.45) is 0 Å². The Labute approximate surface area is 197 Å². The van der Waals surface area contributed by atoms with E-state index in [0.29, 0.717) is 46.2 Å². The molecule has 0 saturated carbocycles. The van der Waals surface area contributed by atoms with E-state index in [2.05, 4.69) is 5.32 Å². The zero-order valence-corrected chi connectivity index (χ0v) is 19.2. The number of ketones is 1. The van der Waals surface area contributed by atoms with Crippen LogP contribution >= 0.6 is 11.6 Å². The summed E-state index contributed by atoms with van der Waals surface area (Å²) in [6.07, 6.45) is 1.02. The van der Waals surface area contributed by atoms with Crippen LogP contribution in [0.25, 0.3) is 0 Å². The summed E-state index contributed by atoms with van der Waals surface area (Å²) in [6, 6.07) is 13.2. The van der Waals surface area contributed by atoms with Gasteiger partial charge in [0.1, 0.15) is 0 Å². The molecule has 170 valence electrons. The number of carbonyl (C=O) groups excluding carboxylic acids is 2. The number of hydrogen-bond acceptors (Lipinski definition) is 6. The number of hydrogen-bond donors (Lipinski definition) is 1. The number of dihydropyridines is 1. The van der Waals surface area contributed by atoms with Crippen LogP contribution in [0.15, 0.2) is 65.0 Å². The molecule has 5 rings (SSSR count). The van der Waals surface area contributed by atoms with Crippen molar-refractivity contribution in [1.29, 1.82) is 0 Å². The summed E-state index contributed by atoms with van der Waals surface area (Å²) in [5.41, 5.74) is 4.48.